The molecule has 3 aromatic rings. The van der Waals surface area contributed by atoms with E-state index in [1.54, 1.807) is 17.5 Å². The highest BCUT2D eigenvalue weighted by Gasteiger charge is 2.48. The van der Waals surface area contributed by atoms with Crippen LogP contribution in [-0.2, 0) is 9.59 Å². The normalized spacial score (nSPS) is 17.8. The van der Waals surface area contributed by atoms with Crippen LogP contribution in [0, 0.1) is 10.1 Å². The van der Waals surface area contributed by atoms with Crippen LogP contribution in [0.1, 0.15) is 16.5 Å². The van der Waals surface area contributed by atoms with Gasteiger partial charge in [-0.2, -0.15) is 0 Å². The van der Waals surface area contributed by atoms with Gasteiger partial charge in [0, 0.05) is 27.6 Å². The zero-order valence-electron chi connectivity index (χ0n) is 15.6. The standard InChI is InChI=1S/C21H13ClN2O6S/c22-12-5-8-15(25)14(10-12)23-18(16-2-1-9-31-16)17(20(27)21(23)28)19(26)11-3-6-13(7-4-11)24(29)30/h1-10,18,25-26H/b19-17-. The number of ketones is 1. The molecule has 0 bridgehead atoms. The molecule has 31 heavy (non-hydrogen) atoms. The number of rotatable bonds is 4. The van der Waals surface area contributed by atoms with Gasteiger partial charge >= 0.3 is 0 Å². The second-order valence-corrected chi connectivity index (χ2v) is 8.04. The van der Waals surface area contributed by atoms with Crippen molar-refractivity contribution >= 4 is 51.8 Å². The van der Waals surface area contributed by atoms with Crippen molar-refractivity contribution in [3.05, 3.63) is 91.1 Å². The van der Waals surface area contributed by atoms with Crippen LogP contribution >= 0.6 is 22.9 Å². The monoisotopic (exact) mass is 456 g/mol. The van der Waals surface area contributed by atoms with E-state index in [1.165, 1.54) is 53.8 Å². The predicted molar refractivity (Wildman–Crippen MR) is 115 cm³/mol. The number of carbonyl (C=O) groups excluding carboxylic acids is 2. The molecule has 8 nitrogen and oxygen atoms in total. The molecule has 0 saturated carbocycles. The zero-order chi connectivity index (χ0) is 22.3. The molecule has 1 aliphatic heterocycles. The van der Waals surface area contributed by atoms with E-state index < -0.39 is 28.4 Å². The van der Waals surface area contributed by atoms with Gasteiger partial charge in [0.25, 0.3) is 17.4 Å². The van der Waals surface area contributed by atoms with Crippen molar-refractivity contribution in [1.82, 2.24) is 0 Å². The second kappa shape index (κ2) is 7.86. The number of hydrogen-bond donors (Lipinski definition) is 2. The van der Waals surface area contributed by atoms with E-state index in [4.69, 9.17) is 11.6 Å². The fraction of sp³-hybridized carbons (Fsp3) is 0.0476. The van der Waals surface area contributed by atoms with Crippen LogP contribution in [-0.4, -0.2) is 26.8 Å². The lowest BCUT2D eigenvalue weighted by Crippen LogP contribution is -2.29. The third-order valence-electron chi connectivity index (χ3n) is 4.81. The van der Waals surface area contributed by atoms with Crippen molar-refractivity contribution in [2.45, 2.75) is 6.04 Å². The molecule has 4 rings (SSSR count). The average molecular weight is 457 g/mol. The lowest BCUT2D eigenvalue weighted by atomic mass is 9.99. The van der Waals surface area contributed by atoms with Gasteiger partial charge in [0.15, 0.2) is 0 Å². The first-order valence-corrected chi connectivity index (χ1v) is 10.1. The van der Waals surface area contributed by atoms with E-state index in [2.05, 4.69) is 0 Å². The van der Waals surface area contributed by atoms with E-state index in [9.17, 15) is 29.9 Å². The summed E-state index contributed by atoms with van der Waals surface area (Å²) in [6.45, 7) is 0. The molecule has 2 aromatic carbocycles. The molecule has 1 unspecified atom stereocenters. The number of thiophene rings is 1. The Hall–Kier alpha value is -3.69. The number of aliphatic hydroxyl groups is 1. The summed E-state index contributed by atoms with van der Waals surface area (Å²) in [7, 11) is 0. The quantitative estimate of drug-likeness (QED) is 0.194. The van der Waals surface area contributed by atoms with E-state index >= 15 is 0 Å². The maximum absolute atomic E-state index is 13.0. The third kappa shape index (κ3) is 3.54. The van der Waals surface area contributed by atoms with E-state index in [0.29, 0.717) is 4.88 Å². The van der Waals surface area contributed by atoms with E-state index in [1.807, 2.05) is 0 Å². The molecule has 10 heteroatoms. The number of non-ortho nitro benzene ring substituents is 1. The molecule has 1 aliphatic rings. The number of benzene rings is 2. The Morgan fingerprint density at radius 2 is 1.84 bits per heavy atom. The van der Waals surface area contributed by atoms with Crippen molar-refractivity contribution in [3.63, 3.8) is 0 Å². The number of anilines is 1. The number of hydrogen-bond acceptors (Lipinski definition) is 7. The molecule has 1 amide bonds. The molecule has 2 N–H and O–H groups in total. The third-order valence-corrected chi connectivity index (χ3v) is 5.97. The summed E-state index contributed by atoms with van der Waals surface area (Å²) in [6.07, 6.45) is 0. The molecule has 2 heterocycles. The van der Waals surface area contributed by atoms with E-state index in [0.717, 1.165) is 4.90 Å². The van der Waals surface area contributed by atoms with Crippen LogP contribution < -0.4 is 4.90 Å². The Kier molecular flexibility index (Phi) is 5.22. The number of nitrogens with zero attached hydrogens (tertiary/aromatic N) is 2. The van der Waals surface area contributed by atoms with Crippen molar-refractivity contribution < 1.29 is 24.7 Å². The van der Waals surface area contributed by atoms with Gasteiger partial charge in [-0.3, -0.25) is 24.6 Å². The molecule has 1 fully saturated rings. The zero-order valence-corrected chi connectivity index (χ0v) is 17.1. The van der Waals surface area contributed by atoms with Gasteiger partial charge < -0.3 is 10.2 Å². The summed E-state index contributed by atoms with van der Waals surface area (Å²) in [5, 5.41) is 34.1. The molecule has 0 aliphatic carbocycles. The summed E-state index contributed by atoms with van der Waals surface area (Å²) in [5.74, 6) is -2.63. The van der Waals surface area contributed by atoms with Crippen LogP contribution in [0.25, 0.3) is 5.76 Å². The minimum Gasteiger partial charge on any atom is -0.507 e. The van der Waals surface area contributed by atoms with Gasteiger partial charge in [0.05, 0.1) is 16.2 Å². The molecule has 0 radical (unpaired) electrons. The highest BCUT2D eigenvalue weighted by atomic mass is 35.5. The lowest BCUT2D eigenvalue weighted by molar-refractivity contribution is -0.384. The first kappa shape index (κ1) is 20.6. The van der Waals surface area contributed by atoms with Gasteiger partial charge in [-0.25, -0.2) is 0 Å². The molecule has 1 atom stereocenters. The lowest BCUT2D eigenvalue weighted by Gasteiger charge is -2.25. The van der Waals surface area contributed by atoms with Crippen molar-refractivity contribution in [2.24, 2.45) is 0 Å². The Balaban J connectivity index is 1.92. The summed E-state index contributed by atoms with van der Waals surface area (Å²) in [4.78, 5) is 37.9. The summed E-state index contributed by atoms with van der Waals surface area (Å²) >= 11 is 7.30. The van der Waals surface area contributed by atoms with Gasteiger partial charge in [-0.1, -0.05) is 17.7 Å². The molecule has 1 aromatic heterocycles. The first-order chi connectivity index (χ1) is 14.8. The number of phenols is 1. The first-order valence-electron chi connectivity index (χ1n) is 8.87. The average Bonchev–Trinajstić information content (AvgIpc) is 3.37. The highest BCUT2D eigenvalue weighted by Crippen LogP contribution is 2.46. The number of nitro benzene ring substituents is 1. The fourth-order valence-electron chi connectivity index (χ4n) is 3.38. The Morgan fingerprint density at radius 1 is 1.13 bits per heavy atom. The van der Waals surface area contributed by atoms with Crippen molar-refractivity contribution in [2.75, 3.05) is 4.90 Å². The molecule has 156 valence electrons. The molecule has 1 saturated heterocycles. The maximum atomic E-state index is 13.0. The molecular weight excluding hydrogens is 444 g/mol. The van der Waals surface area contributed by atoms with Crippen LogP contribution in [0.3, 0.4) is 0 Å². The number of nitro groups is 1. The summed E-state index contributed by atoms with van der Waals surface area (Å²) in [5.41, 5.74) is -0.215. The minimum atomic E-state index is -1.01. The highest BCUT2D eigenvalue weighted by molar-refractivity contribution is 7.10. The van der Waals surface area contributed by atoms with E-state index in [-0.39, 0.29) is 33.3 Å². The number of phenolic OH excluding ortho intramolecular Hbond substituents is 1. The molecular formula is C21H13ClN2O6S. The second-order valence-electron chi connectivity index (χ2n) is 6.62. The number of aromatic hydroxyl groups is 1. The predicted octanol–water partition coefficient (Wildman–Crippen LogP) is 4.64. The van der Waals surface area contributed by atoms with Crippen LogP contribution in [0.4, 0.5) is 11.4 Å². The van der Waals surface area contributed by atoms with Crippen LogP contribution in [0.15, 0.2) is 65.6 Å². The maximum Gasteiger partial charge on any atom is 0.300 e. The van der Waals surface area contributed by atoms with Gasteiger partial charge in [0.2, 0.25) is 0 Å². The Labute approximate surface area is 184 Å². The smallest absolute Gasteiger partial charge is 0.300 e. The number of aliphatic hydroxyl groups excluding tert-OH is 1. The SMILES string of the molecule is O=C1C(=O)N(c2cc(Cl)ccc2O)C(c2cccs2)/C1=C(/O)c1ccc([N+](=O)[O-])cc1. The van der Waals surface area contributed by atoms with Gasteiger partial charge in [0.1, 0.15) is 17.6 Å². The number of halogens is 1. The van der Waals surface area contributed by atoms with Crippen LogP contribution in [0.5, 0.6) is 5.75 Å². The summed E-state index contributed by atoms with van der Waals surface area (Å²) < 4.78 is 0. The Morgan fingerprint density at radius 3 is 2.45 bits per heavy atom. The number of amides is 1. The fourth-order valence-corrected chi connectivity index (χ4v) is 4.37. The Bertz CT molecular complexity index is 1240. The van der Waals surface area contributed by atoms with Crippen LogP contribution in [0.2, 0.25) is 5.02 Å². The largest absolute Gasteiger partial charge is 0.507 e. The topological polar surface area (TPSA) is 121 Å². The summed E-state index contributed by atoms with van der Waals surface area (Å²) in [6, 6.07) is 11.5. The van der Waals surface area contributed by atoms with Crippen molar-refractivity contribution in [1.29, 1.82) is 0 Å². The van der Waals surface area contributed by atoms with Crippen molar-refractivity contribution in [3.8, 4) is 5.75 Å². The minimum absolute atomic E-state index is 0.0238. The number of Topliss-reactive ketones (excluding diaryl/α,β-unsaturated/α-hetero) is 1. The van der Waals surface area contributed by atoms with Gasteiger partial charge in [-0.05, 0) is 41.8 Å². The number of carbonyl (C=O) groups is 2. The molecule has 0 spiro atoms. The van der Waals surface area contributed by atoms with Gasteiger partial charge in [-0.15, -0.1) is 11.3 Å².